The Hall–Kier alpha value is -2.68. The van der Waals surface area contributed by atoms with E-state index in [1.807, 2.05) is 23.9 Å². The Labute approximate surface area is 215 Å². The first-order chi connectivity index (χ1) is 17.3. The molecule has 0 amide bonds. The average molecular weight is 513 g/mol. The highest BCUT2D eigenvalue weighted by atomic mass is 35.5. The molecular weight excluding hydrogens is 480 g/mol. The van der Waals surface area contributed by atoms with E-state index in [0.29, 0.717) is 25.1 Å². The highest BCUT2D eigenvalue weighted by molar-refractivity contribution is 6.30. The molecule has 36 heavy (non-hydrogen) atoms. The van der Waals surface area contributed by atoms with E-state index >= 15 is 0 Å². The van der Waals surface area contributed by atoms with Gasteiger partial charge in [0.2, 0.25) is 0 Å². The molecule has 3 aromatic rings. The predicted octanol–water partition coefficient (Wildman–Crippen LogP) is 3.13. The molecule has 192 valence electrons. The lowest BCUT2D eigenvalue weighted by atomic mass is 9.82. The predicted molar refractivity (Wildman–Crippen MR) is 140 cm³/mol. The smallest absolute Gasteiger partial charge is 0.271 e. The molecule has 8 nitrogen and oxygen atoms in total. The van der Waals surface area contributed by atoms with E-state index in [1.165, 1.54) is 17.0 Å². The number of hydrogen-bond acceptors (Lipinski definition) is 7. The van der Waals surface area contributed by atoms with Crippen LogP contribution in [0.2, 0.25) is 5.02 Å². The number of halogens is 1. The quantitative estimate of drug-likeness (QED) is 0.469. The summed E-state index contributed by atoms with van der Waals surface area (Å²) in [7, 11) is 2.00. The third-order valence-electron chi connectivity index (χ3n) is 7.90. The van der Waals surface area contributed by atoms with Crippen LogP contribution in [0.1, 0.15) is 48.6 Å². The molecule has 5 rings (SSSR count). The zero-order chi connectivity index (χ0) is 25.4. The van der Waals surface area contributed by atoms with Gasteiger partial charge in [-0.2, -0.15) is 5.10 Å². The van der Waals surface area contributed by atoms with E-state index in [2.05, 4.69) is 35.3 Å². The Morgan fingerprint density at radius 2 is 1.86 bits per heavy atom. The van der Waals surface area contributed by atoms with Crippen molar-refractivity contribution in [1.29, 1.82) is 0 Å². The third-order valence-corrected chi connectivity index (χ3v) is 8.15. The van der Waals surface area contributed by atoms with Crippen molar-refractivity contribution < 1.29 is 9.84 Å². The van der Waals surface area contributed by atoms with E-state index in [1.54, 1.807) is 0 Å². The van der Waals surface area contributed by atoms with Gasteiger partial charge in [0, 0.05) is 48.9 Å². The van der Waals surface area contributed by atoms with Crippen LogP contribution in [-0.4, -0.2) is 57.7 Å². The number of benzene rings is 1. The summed E-state index contributed by atoms with van der Waals surface area (Å²) in [6, 6.07) is 10.9. The number of aryl methyl sites for hydroxylation is 2. The Balaban J connectivity index is 1.26. The lowest BCUT2D eigenvalue weighted by Gasteiger charge is -2.46. The second kappa shape index (κ2) is 10.4. The van der Waals surface area contributed by atoms with Gasteiger partial charge in [-0.15, -0.1) is 0 Å². The van der Waals surface area contributed by atoms with E-state index < -0.39 is 16.6 Å². The van der Waals surface area contributed by atoms with Crippen molar-refractivity contribution in [2.24, 2.45) is 7.05 Å². The van der Waals surface area contributed by atoms with Crippen LogP contribution in [0.25, 0.3) is 0 Å². The maximum Gasteiger partial charge on any atom is 0.271 e. The van der Waals surface area contributed by atoms with Crippen LogP contribution in [0.15, 0.2) is 39.9 Å². The lowest BCUT2D eigenvalue weighted by Crippen LogP contribution is -2.56. The standard InChI is InChI=1S/C27H33ClN4O4/c1-16-11-23(30-31(16)2)18-5-9-20(10-6-18)32-14-22(13-29-24-25(33)27(35)26(24)34)36-15-21(32)12-17-3-7-19(28)8-4-17/h3-4,7-8,11,18,20-22,29,33H,5-6,9-10,12-15H2,1-2H3/t18?,20?,21-,22-/m0/s1. The van der Waals surface area contributed by atoms with Gasteiger partial charge in [0.15, 0.2) is 5.75 Å². The molecule has 0 spiro atoms. The van der Waals surface area contributed by atoms with Gasteiger partial charge in [0.05, 0.1) is 18.4 Å². The molecule has 2 fully saturated rings. The van der Waals surface area contributed by atoms with Gasteiger partial charge in [-0.25, -0.2) is 0 Å². The number of aromatic hydroxyl groups is 1. The lowest BCUT2D eigenvalue weighted by molar-refractivity contribution is -0.0789. The number of ether oxygens (including phenoxy) is 1. The number of hydrogen-bond donors (Lipinski definition) is 2. The monoisotopic (exact) mass is 512 g/mol. The average Bonchev–Trinajstić information content (AvgIpc) is 3.23. The molecule has 0 radical (unpaired) electrons. The second-order valence-electron chi connectivity index (χ2n) is 10.2. The Morgan fingerprint density at radius 1 is 1.14 bits per heavy atom. The van der Waals surface area contributed by atoms with Gasteiger partial charge >= 0.3 is 0 Å². The van der Waals surface area contributed by atoms with Crippen LogP contribution in [0.5, 0.6) is 5.75 Å². The molecule has 2 aromatic carbocycles. The fourth-order valence-electron chi connectivity index (χ4n) is 5.67. The van der Waals surface area contributed by atoms with Gasteiger partial charge in [-0.05, 0) is 62.8 Å². The number of rotatable bonds is 7. The van der Waals surface area contributed by atoms with Crippen molar-refractivity contribution in [2.75, 3.05) is 25.0 Å². The summed E-state index contributed by atoms with van der Waals surface area (Å²) in [6.07, 6.45) is 5.12. The summed E-state index contributed by atoms with van der Waals surface area (Å²) in [6.45, 7) is 3.76. The molecule has 2 N–H and O–H groups in total. The molecule has 2 heterocycles. The van der Waals surface area contributed by atoms with Gasteiger partial charge in [-0.3, -0.25) is 19.2 Å². The maximum absolute atomic E-state index is 11.7. The molecule has 1 aliphatic carbocycles. The van der Waals surface area contributed by atoms with Gasteiger partial charge < -0.3 is 15.2 Å². The maximum atomic E-state index is 11.7. The van der Waals surface area contributed by atoms with Gasteiger partial charge in [0.25, 0.3) is 10.9 Å². The molecule has 2 aliphatic rings. The number of nitrogens with zero attached hydrogens (tertiary/aromatic N) is 3. The molecule has 1 aromatic heterocycles. The fraction of sp³-hybridized carbons (Fsp3) is 0.519. The zero-order valence-electron chi connectivity index (χ0n) is 20.7. The Kier molecular flexibility index (Phi) is 7.19. The van der Waals surface area contributed by atoms with E-state index in [4.69, 9.17) is 21.4 Å². The second-order valence-corrected chi connectivity index (χ2v) is 10.7. The van der Waals surface area contributed by atoms with Crippen LogP contribution in [0.4, 0.5) is 5.69 Å². The van der Waals surface area contributed by atoms with Gasteiger partial charge in [0.1, 0.15) is 5.69 Å². The SMILES string of the molecule is Cc1cc(C2CCC(N3C[C@H](CNc4c(O)c(=O)c4=O)OC[C@@H]3Cc3ccc(Cl)cc3)CC2)nn1C. The zero-order valence-corrected chi connectivity index (χ0v) is 21.5. The number of aromatic nitrogens is 2. The molecule has 1 saturated heterocycles. The minimum Gasteiger partial charge on any atom is -0.502 e. The van der Waals surface area contributed by atoms with Crippen molar-refractivity contribution in [1.82, 2.24) is 14.7 Å². The molecule has 0 unspecified atom stereocenters. The Morgan fingerprint density at radius 3 is 2.50 bits per heavy atom. The van der Waals surface area contributed by atoms with Crippen LogP contribution >= 0.6 is 11.6 Å². The molecule has 2 atom stereocenters. The first kappa shape index (κ1) is 25.0. The van der Waals surface area contributed by atoms with Crippen molar-refractivity contribution >= 4 is 17.3 Å². The number of anilines is 1. The molecular formula is C27H33ClN4O4. The van der Waals surface area contributed by atoms with E-state index in [0.717, 1.165) is 43.7 Å². The van der Waals surface area contributed by atoms with Crippen LogP contribution < -0.4 is 16.2 Å². The van der Waals surface area contributed by atoms with E-state index in [9.17, 15) is 14.7 Å². The summed E-state index contributed by atoms with van der Waals surface area (Å²) >= 11 is 6.09. The van der Waals surface area contributed by atoms with Crippen molar-refractivity contribution in [3.05, 3.63) is 72.8 Å². The van der Waals surface area contributed by atoms with Crippen LogP contribution in [0, 0.1) is 6.92 Å². The molecule has 9 heteroatoms. The molecule has 1 saturated carbocycles. The first-order valence-electron chi connectivity index (χ1n) is 12.7. The molecule has 1 aliphatic heterocycles. The minimum absolute atomic E-state index is 0.00426. The summed E-state index contributed by atoms with van der Waals surface area (Å²) < 4.78 is 8.14. The fourth-order valence-corrected chi connectivity index (χ4v) is 5.80. The summed E-state index contributed by atoms with van der Waals surface area (Å²) in [5.41, 5.74) is 2.12. The first-order valence-corrected chi connectivity index (χ1v) is 13.1. The van der Waals surface area contributed by atoms with Gasteiger partial charge in [-0.1, -0.05) is 23.7 Å². The molecule has 0 bridgehead atoms. The third kappa shape index (κ3) is 5.08. The normalized spacial score (nSPS) is 25.3. The Bertz CT molecular complexity index is 1250. The van der Waals surface area contributed by atoms with E-state index in [-0.39, 0.29) is 17.8 Å². The largest absolute Gasteiger partial charge is 0.502 e. The number of nitrogens with one attached hydrogen (secondary N) is 1. The van der Waals surface area contributed by atoms with Crippen molar-refractivity contribution in [3.8, 4) is 5.75 Å². The summed E-state index contributed by atoms with van der Waals surface area (Å²) in [4.78, 5) is 25.6. The number of morpholine rings is 1. The van der Waals surface area contributed by atoms with Crippen molar-refractivity contribution in [3.63, 3.8) is 0 Å². The summed E-state index contributed by atoms with van der Waals surface area (Å²) in [5.74, 6) is 0.0165. The van der Waals surface area contributed by atoms with Crippen LogP contribution in [0.3, 0.4) is 0 Å². The minimum atomic E-state index is -0.827. The highest BCUT2D eigenvalue weighted by Crippen LogP contribution is 2.36. The summed E-state index contributed by atoms with van der Waals surface area (Å²) in [5, 5.41) is 18.1. The van der Waals surface area contributed by atoms with Crippen molar-refractivity contribution in [2.45, 2.75) is 63.1 Å². The van der Waals surface area contributed by atoms with Crippen LogP contribution in [-0.2, 0) is 18.2 Å². The topological polar surface area (TPSA) is 96.7 Å². The highest BCUT2D eigenvalue weighted by Gasteiger charge is 2.36.